The summed E-state index contributed by atoms with van der Waals surface area (Å²) in [5.74, 6) is 0. The van der Waals surface area contributed by atoms with E-state index in [0.29, 0.717) is 10.9 Å². The Morgan fingerprint density at radius 2 is 2.09 bits per heavy atom. The summed E-state index contributed by atoms with van der Waals surface area (Å²) in [7, 11) is 0. The van der Waals surface area contributed by atoms with Gasteiger partial charge in [0.1, 0.15) is 6.33 Å². The molecule has 0 fully saturated rings. The molecular weight excluding hydrogens is 310 g/mol. The van der Waals surface area contributed by atoms with Gasteiger partial charge in [0.25, 0.3) is 5.56 Å². The third kappa shape index (κ3) is 2.17. The first-order valence-electron chi connectivity index (χ1n) is 7.09. The highest BCUT2D eigenvalue weighted by atomic mass is 32.1. The van der Waals surface area contributed by atoms with Crippen LogP contribution in [0.3, 0.4) is 0 Å². The average Bonchev–Trinajstić information content (AvgIpc) is 3.06. The van der Waals surface area contributed by atoms with Crippen molar-refractivity contribution in [3.8, 4) is 0 Å². The van der Waals surface area contributed by atoms with Crippen LogP contribution in [0.1, 0.15) is 17.1 Å². The molecule has 0 radical (unpaired) electrons. The van der Waals surface area contributed by atoms with Gasteiger partial charge in [-0.3, -0.25) is 9.20 Å². The number of rotatable bonds is 2. The molecule has 0 atom stereocenters. The molecule has 114 valence electrons. The third-order valence-corrected chi connectivity index (χ3v) is 4.65. The van der Waals surface area contributed by atoms with E-state index in [-0.39, 0.29) is 5.56 Å². The predicted octanol–water partition coefficient (Wildman–Crippen LogP) is 2.60. The summed E-state index contributed by atoms with van der Waals surface area (Å²) in [6.07, 6.45) is 3.10. The van der Waals surface area contributed by atoms with Gasteiger partial charge in [-0.2, -0.15) is 9.78 Å². The van der Waals surface area contributed by atoms with Gasteiger partial charge in [-0.05, 0) is 26.0 Å². The molecule has 0 bridgehead atoms. The van der Waals surface area contributed by atoms with Gasteiger partial charge in [0.05, 0.1) is 28.5 Å². The number of hydrogen-bond acceptors (Lipinski definition) is 5. The molecule has 0 aliphatic rings. The third-order valence-electron chi connectivity index (χ3n) is 3.71. The van der Waals surface area contributed by atoms with E-state index < -0.39 is 0 Å². The van der Waals surface area contributed by atoms with Crippen molar-refractivity contribution in [3.63, 3.8) is 0 Å². The van der Waals surface area contributed by atoms with E-state index in [2.05, 4.69) is 15.1 Å². The van der Waals surface area contributed by atoms with Crippen molar-refractivity contribution in [3.05, 3.63) is 63.4 Å². The predicted molar refractivity (Wildman–Crippen MR) is 91.5 cm³/mol. The topological polar surface area (TPSA) is 64.6 Å². The molecule has 0 saturated carbocycles. The van der Waals surface area contributed by atoms with Crippen LogP contribution in [0.25, 0.3) is 15.9 Å². The number of aromatic nitrogens is 4. The second-order valence-corrected chi connectivity index (χ2v) is 6.07. The summed E-state index contributed by atoms with van der Waals surface area (Å²) in [5.41, 5.74) is 3.33. The van der Waals surface area contributed by atoms with Gasteiger partial charge in [-0.1, -0.05) is 12.1 Å². The number of nitrogens with zero attached hydrogens (tertiary/aromatic N) is 5. The lowest BCUT2D eigenvalue weighted by Crippen LogP contribution is -2.17. The van der Waals surface area contributed by atoms with E-state index in [1.54, 1.807) is 23.6 Å². The maximum Gasteiger partial charge on any atom is 0.281 e. The number of imidazole rings is 1. The molecule has 23 heavy (non-hydrogen) atoms. The fourth-order valence-electron chi connectivity index (χ4n) is 2.54. The van der Waals surface area contributed by atoms with Crippen LogP contribution in [0.15, 0.2) is 45.9 Å². The van der Waals surface area contributed by atoms with Gasteiger partial charge in [-0.25, -0.2) is 9.97 Å². The van der Waals surface area contributed by atoms with Crippen molar-refractivity contribution in [1.82, 2.24) is 19.0 Å². The van der Waals surface area contributed by atoms with Gasteiger partial charge in [-0.15, -0.1) is 11.3 Å². The minimum atomic E-state index is -0.188. The van der Waals surface area contributed by atoms with E-state index >= 15 is 0 Å². The molecule has 1 aromatic carbocycles. The first-order chi connectivity index (χ1) is 11.1. The van der Waals surface area contributed by atoms with E-state index in [9.17, 15) is 4.79 Å². The molecular formula is C16H13N5OS. The van der Waals surface area contributed by atoms with Crippen molar-refractivity contribution in [1.29, 1.82) is 0 Å². The molecule has 0 aliphatic heterocycles. The van der Waals surface area contributed by atoms with Crippen LogP contribution in [-0.4, -0.2) is 25.3 Å². The van der Waals surface area contributed by atoms with Gasteiger partial charge in [0, 0.05) is 11.1 Å². The fraction of sp³-hybridized carbons (Fsp3) is 0.125. The molecule has 0 spiro atoms. The largest absolute Gasteiger partial charge is 0.286 e. The highest BCUT2D eigenvalue weighted by molar-refractivity contribution is 7.15. The molecule has 4 rings (SSSR count). The van der Waals surface area contributed by atoms with Gasteiger partial charge >= 0.3 is 0 Å². The summed E-state index contributed by atoms with van der Waals surface area (Å²) in [5, 5.41) is 6.89. The molecule has 7 heteroatoms. The zero-order valence-corrected chi connectivity index (χ0v) is 13.4. The van der Waals surface area contributed by atoms with Crippen molar-refractivity contribution in [2.24, 2.45) is 5.10 Å². The number of benzene rings is 1. The van der Waals surface area contributed by atoms with Crippen molar-refractivity contribution in [2.75, 3.05) is 0 Å². The summed E-state index contributed by atoms with van der Waals surface area (Å²) in [6.45, 7) is 3.95. The van der Waals surface area contributed by atoms with E-state index in [1.165, 1.54) is 11.0 Å². The van der Waals surface area contributed by atoms with Crippen molar-refractivity contribution >= 4 is 33.4 Å². The standard InChI is InChI=1S/C16H13N5OS/c1-10-8-23-16-19-11(2)14(21(10)16)7-18-20-9-17-13-6-4-3-5-12(13)15(20)22/h3-9H,1-2H3/b18-7+. The molecule has 3 heterocycles. The highest BCUT2D eigenvalue weighted by Gasteiger charge is 2.10. The summed E-state index contributed by atoms with van der Waals surface area (Å²) in [4.78, 5) is 22.1. The summed E-state index contributed by atoms with van der Waals surface area (Å²) in [6, 6.07) is 7.24. The molecule has 6 nitrogen and oxygen atoms in total. The zero-order valence-electron chi connectivity index (χ0n) is 12.6. The molecule has 0 N–H and O–H groups in total. The van der Waals surface area contributed by atoms with Crippen molar-refractivity contribution in [2.45, 2.75) is 13.8 Å². The Morgan fingerprint density at radius 3 is 2.96 bits per heavy atom. The lowest BCUT2D eigenvalue weighted by Gasteiger charge is -2.00. The number of aryl methyl sites for hydroxylation is 2. The van der Waals surface area contributed by atoms with Crippen LogP contribution in [0, 0.1) is 13.8 Å². The number of fused-ring (bicyclic) bond motifs is 2. The fourth-order valence-corrected chi connectivity index (χ4v) is 3.46. The van der Waals surface area contributed by atoms with E-state index in [4.69, 9.17) is 0 Å². The van der Waals surface area contributed by atoms with Crippen LogP contribution in [0.2, 0.25) is 0 Å². The Morgan fingerprint density at radius 1 is 1.26 bits per heavy atom. The minimum Gasteiger partial charge on any atom is -0.286 e. The number of para-hydroxylation sites is 1. The maximum atomic E-state index is 12.4. The Labute approximate surface area is 135 Å². The van der Waals surface area contributed by atoms with Crippen LogP contribution in [0.4, 0.5) is 0 Å². The maximum absolute atomic E-state index is 12.4. The summed E-state index contributed by atoms with van der Waals surface area (Å²) >= 11 is 1.58. The second kappa shape index (κ2) is 5.13. The minimum absolute atomic E-state index is 0.188. The SMILES string of the molecule is Cc1nc2scc(C)n2c1/C=N/n1cnc2ccccc2c1=O. The quantitative estimate of drug-likeness (QED) is 0.533. The monoisotopic (exact) mass is 323 g/mol. The van der Waals surface area contributed by atoms with Crippen LogP contribution in [0.5, 0.6) is 0 Å². The van der Waals surface area contributed by atoms with E-state index in [1.807, 2.05) is 41.8 Å². The molecule has 0 saturated heterocycles. The van der Waals surface area contributed by atoms with Gasteiger partial charge in [0.2, 0.25) is 0 Å². The average molecular weight is 323 g/mol. The van der Waals surface area contributed by atoms with Gasteiger partial charge in [0.15, 0.2) is 4.96 Å². The molecule has 4 aromatic rings. The first-order valence-corrected chi connectivity index (χ1v) is 7.97. The molecule has 0 amide bonds. The molecule has 0 unspecified atom stereocenters. The lowest BCUT2D eigenvalue weighted by atomic mass is 10.2. The van der Waals surface area contributed by atoms with Crippen LogP contribution >= 0.6 is 11.3 Å². The zero-order chi connectivity index (χ0) is 16.0. The Hall–Kier alpha value is -2.80. The first kappa shape index (κ1) is 13.8. The summed E-state index contributed by atoms with van der Waals surface area (Å²) < 4.78 is 3.28. The molecule has 0 aliphatic carbocycles. The van der Waals surface area contributed by atoms with Crippen LogP contribution in [-0.2, 0) is 0 Å². The van der Waals surface area contributed by atoms with Crippen molar-refractivity contribution < 1.29 is 0 Å². The molecule has 3 aromatic heterocycles. The Balaban J connectivity index is 1.85. The Bertz CT molecular complexity index is 1120. The normalized spacial score (nSPS) is 11.9. The number of thiazole rings is 1. The smallest absolute Gasteiger partial charge is 0.281 e. The van der Waals surface area contributed by atoms with Gasteiger partial charge < -0.3 is 0 Å². The second-order valence-electron chi connectivity index (χ2n) is 5.23. The number of hydrogen-bond donors (Lipinski definition) is 0. The van der Waals surface area contributed by atoms with Crippen LogP contribution < -0.4 is 5.56 Å². The highest BCUT2D eigenvalue weighted by Crippen LogP contribution is 2.19. The Kier molecular flexibility index (Phi) is 3.09. The van der Waals surface area contributed by atoms with E-state index in [0.717, 1.165) is 22.0 Å². The lowest BCUT2D eigenvalue weighted by molar-refractivity contribution is 0.816.